The second-order valence-electron chi connectivity index (χ2n) is 6.39. The predicted molar refractivity (Wildman–Crippen MR) is 90.2 cm³/mol. The third kappa shape index (κ3) is 7.59. The minimum Gasteiger partial charge on any atom is -0.474 e. The summed E-state index contributed by atoms with van der Waals surface area (Å²) in [5, 5.41) is 8.90. The van der Waals surface area contributed by atoms with Gasteiger partial charge >= 0.3 is 18.3 Å². The number of methoxy groups -OCH3 is 1. The lowest BCUT2D eigenvalue weighted by Gasteiger charge is -2.19. The molecule has 0 radical (unpaired) electrons. The zero-order chi connectivity index (χ0) is 22.4. The van der Waals surface area contributed by atoms with E-state index in [0.717, 1.165) is 7.11 Å². The number of alkyl halides is 6. The highest BCUT2D eigenvalue weighted by atomic mass is 19.4. The number of carbonyl (C=O) groups is 1. The van der Waals surface area contributed by atoms with Crippen LogP contribution in [-0.2, 0) is 10.9 Å². The van der Waals surface area contributed by atoms with Crippen LogP contribution in [0, 0.1) is 0 Å². The molecule has 12 heteroatoms. The molecule has 0 aliphatic heterocycles. The summed E-state index contributed by atoms with van der Waals surface area (Å²) in [6.45, 7) is 1.46. The van der Waals surface area contributed by atoms with Crippen molar-refractivity contribution in [2.75, 3.05) is 12.8 Å². The SMILES string of the molecule is COC(=O)c1nc(O[C@H](C)CCCCCC(O)C(F)(F)F)c(C(F)(F)F)cc1N. The van der Waals surface area contributed by atoms with Crippen molar-refractivity contribution in [3.05, 3.63) is 17.3 Å². The van der Waals surface area contributed by atoms with Gasteiger partial charge < -0.3 is 20.3 Å². The van der Waals surface area contributed by atoms with Crippen LogP contribution in [0.5, 0.6) is 5.88 Å². The first-order valence-electron chi connectivity index (χ1n) is 8.64. The van der Waals surface area contributed by atoms with Gasteiger partial charge in [0.1, 0.15) is 11.7 Å². The Bertz CT molecular complexity index is 694. The summed E-state index contributed by atoms with van der Waals surface area (Å²) in [7, 11) is 1.01. The maximum Gasteiger partial charge on any atom is 0.421 e. The van der Waals surface area contributed by atoms with Gasteiger partial charge in [-0.15, -0.1) is 0 Å². The highest BCUT2D eigenvalue weighted by molar-refractivity contribution is 5.93. The lowest BCUT2D eigenvalue weighted by molar-refractivity contribution is -0.205. The number of hydrogen-bond donors (Lipinski definition) is 2. The molecule has 1 heterocycles. The van der Waals surface area contributed by atoms with Crippen LogP contribution in [0.4, 0.5) is 32.0 Å². The molecule has 0 spiro atoms. The second-order valence-corrected chi connectivity index (χ2v) is 6.39. The summed E-state index contributed by atoms with van der Waals surface area (Å²) in [4.78, 5) is 15.1. The number of rotatable bonds is 9. The number of nitrogens with two attached hydrogens (primary N) is 1. The molecule has 0 fully saturated rings. The molecular weight excluding hydrogens is 410 g/mol. The van der Waals surface area contributed by atoms with Gasteiger partial charge in [0.25, 0.3) is 0 Å². The Morgan fingerprint density at radius 1 is 1.17 bits per heavy atom. The monoisotopic (exact) mass is 432 g/mol. The molecule has 1 unspecified atom stereocenters. The Hall–Kier alpha value is -2.24. The number of esters is 1. The first-order chi connectivity index (χ1) is 13.3. The number of nitrogen functional groups attached to an aromatic ring is 1. The molecular formula is C17H22F6N2O4. The van der Waals surface area contributed by atoms with E-state index in [-0.39, 0.29) is 12.8 Å². The number of anilines is 1. The zero-order valence-electron chi connectivity index (χ0n) is 15.7. The molecule has 3 N–H and O–H groups in total. The Labute approximate surface area is 163 Å². The molecule has 1 aromatic rings. The summed E-state index contributed by atoms with van der Waals surface area (Å²) in [5.41, 5.74) is 3.14. The molecule has 0 amide bonds. The van der Waals surface area contributed by atoms with Gasteiger partial charge in [0.05, 0.1) is 18.9 Å². The van der Waals surface area contributed by atoms with Gasteiger partial charge in [0.2, 0.25) is 5.88 Å². The molecule has 29 heavy (non-hydrogen) atoms. The number of nitrogens with zero attached hydrogens (tertiary/aromatic N) is 1. The molecule has 0 saturated heterocycles. The van der Waals surface area contributed by atoms with E-state index in [1.54, 1.807) is 0 Å². The Morgan fingerprint density at radius 3 is 2.28 bits per heavy atom. The Kier molecular flexibility index (Phi) is 8.54. The minimum absolute atomic E-state index is 0.0911. The Morgan fingerprint density at radius 2 is 1.76 bits per heavy atom. The zero-order valence-corrected chi connectivity index (χ0v) is 15.7. The molecule has 0 aliphatic rings. The molecule has 1 rings (SSSR count). The van der Waals surface area contributed by atoms with Crippen molar-refractivity contribution in [1.82, 2.24) is 4.98 Å². The number of ether oxygens (including phenoxy) is 2. The average Bonchev–Trinajstić information content (AvgIpc) is 2.60. The van der Waals surface area contributed by atoms with Crippen LogP contribution >= 0.6 is 0 Å². The van der Waals surface area contributed by atoms with Crippen LogP contribution in [0.3, 0.4) is 0 Å². The number of unbranched alkanes of at least 4 members (excludes halogenated alkanes) is 2. The van der Waals surface area contributed by atoms with Crippen molar-refractivity contribution in [3.8, 4) is 5.88 Å². The van der Waals surface area contributed by atoms with Crippen molar-refractivity contribution < 1.29 is 45.7 Å². The summed E-state index contributed by atoms with van der Waals surface area (Å²) >= 11 is 0. The minimum atomic E-state index is -4.83. The second kappa shape index (κ2) is 9.99. The lowest BCUT2D eigenvalue weighted by Crippen LogP contribution is -2.28. The van der Waals surface area contributed by atoms with Gasteiger partial charge in [0.15, 0.2) is 5.69 Å². The summed E-state index contributed by atoms with van der Waals surface area (Å²) in [6, 6.07) is 0.528. The van der Waals surface area contributed by atoms with Gasteiger partial charge in [-0.2, -0.15) is 26.3 Å². The van der Waals surface area contributed by atoms with Crippen molar-refractivity contribution in [1.29, 1.82) is 0 Å². The predicted octanol–water partition coefficient (Wildman–Crippen LogP) is 4.11. The van der Waals surface area contributed by atoms with Gasteiger partial charge in [0, 0.05) is 0 Å². The Balaban J connectivity index is 2.74. The van der Waals surface area contributed by atoms with Crippen molar-refractivity contribution in [2.24, 2.45) is 0 Å². The van der Waals surface area contributed by atoms with Crippen LogP contribution in [-0.4, -0.2) is 41.6 Å². The quantitative estimate of drug-likeness (QED) is 0.347. The van der Waals surface area contributed by atoms with Crippen molar-refractivity contribution >= 4 is 11.7 Å². The summed E-state index contributed by atoms with van der Waals surface area (Å²) in [5.74, 6) is -1.87. The number of carbonyl (C=O) groups excluding carboxylic acids is 1. The van der Waals surface area contributed by atoms with Gasteiger partial charge in [-0.05, 0) is 32.3 Å². The van der Waals surface area contributed by atoms with E-state index in [2.05, 4.69) is 9.72 Å². The highest BCUT2D eigenvalue weighted by Crippen LogP contribution is 2.37. The maximum absolute atomic E-state index is 13.2. The van der Waals surface area contributed by atoms with Gasteiger partial charge in [-0.1, -0.05) is 12.8 Å². The van der Waals surface area contributed by atoms with Crippen LogP contribution in [0.25, 0.3) is 0 Å². The molecule has 0 saturated carbocycles. The van der Waals surface area contributed by atoms with Crippen LogP contribution in [0.1, 0.15) is 55.1 Å². The van der Waals surface area contributed by atoms with E-state index in [9.17, 15) is 31.1 Å². The number of aromatic nitrogens is 1. The smallest absolute Gasteiger partial charge is 0.421 e. The van der Waals surface area contributed by atoms with E-state index in [0.29, 0.717) is 18.9 Å². The van der Waals surface area contributed by atoms with Crippen LogP contribution < -0.4 is 10.5 Å². The fourth-order valence-corrected chi connectivity index (χ4v) is 2.42. The third-order valence-corrected chi connectivity index (χ3v) is 3.98. The van der Waals surface area contributed by atoms with Crippen LogP contribution in [0.2, 0.25) is 0 Å². The molecule has 0 aliphatic carbocycles. The molecule has 1 aromatic heterocycles. The number of halogens is 6. The molecule has 6 nitrogen and oxygen atoms in total. The summed E-state index contributed by atoms with van der Waals surface area (Å²) < 4.78 is 85.9. The van der Waals surface area contributed by atoms with Crippen LogP contribution in [0.15, 0.2) is 6.07 Å². The fourth-order valence-electron chi connectivity index (χ4n) is 2.42. The first kappa shape index (κ1) is 24.8. The van der Waals surface area contributed by atoms with E-state index in [4.69, 9.17) is 15.6 Å². The summed E-state index contributed by atoms with van der Waals surface area (Å²) in [6.07, 6.45) is -12.2. The molecule has 166 valence electrons. The van der Waals surface area contributed by atoms with Crippen molar-refractivity contribution in [2.45, 2.75) is 63.6 Å². The topological polar surface area (TPSA) is 94.7 Å². The first-order valence-corrected chi connectivity index (χ1v) is 8.64. The van der Waals surface area contributed by atoms with E-state index in [1.807, 2.05) is 0 Å². The third-order valence-electron chi connectivity index (χ3n) is 3.98. The largest absolute Gasteiger partial charge is 0.474 e. The standard InChI is InChI=1S/C17H22F6N2O4/c1-9(6-4-3-5-7-12(26)17(21,22)23)29-14-10(16(18,19)20)8-11(24)13(25-14)15(27)28-2/h8-9,12,26H,3-7,24H2,1-2H3/t9-,12?/m1/s1. The number of pyridine rings is 1. The molecule has 0 bridgehead atoms. The highest BCUT2D eigenvalue weighted by Gasteiger charge is 2.38. The fraction of sp³-hybridized carbons (Fsp3) is 0.647. The normalized spacial score (nSPS) is 14.4. The van der Waals surface area contributed by atoms with E-state index in [1.165, 1.54) is 6.92 Å². The van der Waals surface area contributed by atoms with Gasteiger partial charge in [-0.3, -0.25) is 0 Å². The van der Waals surface area contributed by atoms with Gasteiger partial charge in [-0.25, -0.2) is 9.78 Å². The molecule has 0 aromatic carbocycles. The maximum atomic E-state index is 13.2. The van der Waals surface area contributed by atoms with Crippen molar-refractivity contribution in [3.63, 3.8) is 0 Å². The number of hydrogen-bond acceptors (Lipinski definition) is 6. The molecule has 2 atom stereocenters. The number of aliphatic hydroxyl groups is 1. The lowest BCUT2D eigenvalue weighted by atomic mass is 10.1. The average molecular weight is 432 g/mol. The van der Waals surface area contributed by atoms with E-state index >= 15 is 0 Å². The number of aliphatic hydroxyl groups excluding tert-OH is 1. The van der Waals surface area contributed by atoms with E-state index < -0.39 is 59.8 Å².